The van der Waals surface area contributed by atoms with E-state index in [9.17, 15) is 10.1 Å². The molecule has 0 aliphatic carbocycles. The van der Waals surface area contributed by atoms with Crippen LogP contribution in [0.15, 0.2) is 53.3 Å². The molecule has 0 bridgehead atoms. The zero-order valence-corrected chi connectivity index (χ0v) is 15.4. The average molecular weight is 371 g/mol. The van der Waals surface area contributed by atoms with E-state index in [1.165, 1.54) is 4.40 Å². The van der Waals surface area contributed by atoms with Crippen LogP contribution < -0.4 is 26.4 Å². The molecule has 2 aromatic heterocycles. The number of nitrogens with one attached hydrogen (secondary N) is 2. The van der Waals surface area contributed by atoms with Crippen LogP contribution in [0.5, 0.6) is 5.75 Å². The summed E-state index contributed by atoms with van der Waals surface area (Å²) in [7, 11) is 1.58. The van der Waals surface area contributed by atoms with Gasteiger partial charge in [-0.2, -0.15) is 5.26 Å². The summed E-state index contributed by atoms with van der Waals surface area (Å²) >= 11 is 0. The molecule has 2 aromatic carbocycles. The number of ether oxygens (including phenoxy) is 1. The molecular formula is C21H17N5O2. The lowest BCUT2D eigenvalue weighted by atomic mass is 10.1. The first-order valence-electron chi connectivity index (χ1n) is 8.64. The lowest BCUT2D eigenvalue weighted by Gasteiger charge is -2.10. The van der Waals surface area contributed by atoms with Gasteiger partial charge in [-0.05, 0) is 36.8 Å². The van der Waals surface area contributed by atoms with Crippen LogP contribution in [0, 0.1) is 18.3 Å². The normalized spacial score (nSPS) is 11.5. The largest absolute Gasteiger partial charge is 0.495 e. The molecule has 138 valence electrons. The summed E-state index contributed by atoms with van der Waals surface area (Å²) in [6, 6.07) is 16.9. The zero-order valence-electron chi connectivity index (χ0n) is 15.4. The maximum Gasteiger partial charge on any atom is 0.265 e. The quantitative estimate of drug-likeness (QED) is 0.534. The monoisotopic (exact) mass is 371 g/mol. The van der Waals surface area contributed by atoms with E-state index < -0.39 is 0 Å². The number of hydrogen-bond donors (Lipinski definition) is 2. The molecule has 0 unspecified atom stereocenters. The zero-order chi connectivity index (χ0) is 19.7. The van der Waals surface area contributed by atoms with Crippen LogP contribution in [0.3, 0.4) is 0 Å². The van der Waals surface area contributed by atoms with Crippen molar-refractivity contribution in [2.24, 2.45) is 0 Å². The number of nitriles is 1. The highest BCUT2D eigenvalue weighted by molar-refractivity contribution is 5.82. The molecule has 0 radical (unpaired) electrons. The molecule has 0 aliphatic heterocycles. The van der Waals surface area contributed by atoms with Crippen molar-refractivity contribution in [1.29, 1.82) is 5.26 Å². The van der Waals surface area contributed by atoms with Crippen molar-refractivity contribution < 1.29 is 4.74 Å². The summed E-state index contributed by atoms with van der Waals surface area (Å²) in [5, 5.41) is 10.0. The number of hydrazine groups is 1. The van der Waals surface area contributed by atoms with Gasteiger partial charge in [-0.25, -0.2) is 4.98 Å². The van der Waals surface area contributed by atoms with Crippen LogP contribution >= 0.6 is 0 Å². The number of anilines is 1. The lowest BCUT2D eigenvalue weighted by molar-refractivity contribution is 0.416. The van der Waals surface area contributed by atoms with Crippen molar-refractivity contribution in [3.05, 3.63) is 75.2 Å². The number of pyridine rings is 1. The lowest BCUT2D eigenvalue weighted by Crippen LogP contribution is -2.36. The van der Waals surface area contributed by atoms with Gasteiger partial charge in [0.1, 0.15) is 11.8 Å². The second-order valence-corrected chi connectivity index (χ2v) is 6.20. The summed E-state index contributed by atoms with van der Waals surface area (Å²) in [6.07, 6.45) is 1.55. The molecular weight excluding hydrogens is 354 g/mol. The molecule has 0 aliphatic rings. The summed E-state index contributed by atoms with van der Waals surface area (Å²) in [5.41, 5.74) is 9.09. The Balaban J connectivity index is 1.87. The molecule has 2 N–H and O–H groups in total. The second kappa shape index (κ2) is 6.93. The molecule has 0 saturated heterocycles. The smallest absolute Gasteiger partial charge is 0.265 e. The number of nitrogens with zero attached hydrogens (tertiary/aromatic N) is 3. The highest BCUT2D eigenvalue weighted by atomic mass is 16.5. The second-order valence-electron chi connectivity index (χ2n) is 6.20. The minimum atomic E-state index is -0.241. The molecule has 4 aromatic rings. The number of benzene rings is 2. The van der Waals surface area contributed by atoms with E-state index in [-0.39, 0.29) is 5.56 Å². The fourth-order valence-corrected chi connectivity index (χ4v) is 3.22. The van der Waals surface area contributed by atoms with Gasteiger partial charge >= 0.3 is 0 Å². The average Bonchev–Trinajstić information content (AvgIpc) is 3.10. The highest BCUT2D eigenvalue weighted by Gasteiger charge is 2.15. The Labute approximate surface area is 160 Å². The number of aromatic nitrogens is 2. The first-order chi connectivity index (χ1) is 13.7. The Morgan fingerprint density at radius 2 is 1.93 bits per heavy atom. The van der Waals surface area contributed by atoms with Crippen molar-refractivity contribution in [3.63, 3.8) is 0 Å². The van der Waals surface area contributed by atoms with E-state index in [0.717, 1.165) is 5.69 Å². The van der Waals surface area contributed by atoms with Gasteiger partial charge in [0.2, 0.25) is 0 Å². The molecule has 0 amide bonds. The third-order valence-electron chi connectivity index (χ3n) is 4.64. The summed E-state index contributed by atoms with van der Waals surface area (Å²) in [5.74, 6) is 0.663. The molecule has 7 nitrogen and oxygen atoms in total. The van der Waals surface area contributed by atoms with Crippen LogP contribution in [-0.4, -0.2) is 16.5 Å². The van der Waals surface area contributed by atoms with E-state index in [1.54, 1.807) is 20.2 Å². The topological polar surface area (TPSA) is 91.4 Å². The number of rotatable bonds is 4. The fraction of sp³-hybridized carbons (Fsp3) is 0.0952. The Kier molecular flexibility index (Phi) is 4.30. The molecule has 4 rings (SSSR count). The molecule has 7 heteroatoms. The maximum absolute atomic E-state index is 13.1. The maximum atomic E-state index is 13.1. The molecule has 0 spiro atoms. The summed E-state index contributed by atoms with van der Waals surface area (Å²) in [4.78, 5) is 17.6. The fourth-order valence-electron chi connectivity index (χ4n) is 3.22. The SMILES string of the molecule is COc1ccccc1NN/C=c1/c(C)c(C#N)c2nc3ccccc3n2c1=O. The third-order valence-corrected chi connectivity index (χ3v) is 4.64. The van der Waals surface area contributed by atoms with E-state index in [4.69, 9.17) is 4.74 Å². The number of hydrogen-bond acceptors (Lipinski definition) is 6. The minimum Gasteiger partial charge on any atom is -0.495 e. The Morgan fingerprint density at radius 1 is 1.18 bits per heavy atom. The van der Waals surface area contributed by atoms with Crippen LogP contribution in [-0.2, 0) is 0 Å². The summed E-state index contributed by atoms with van der Waals surface area (Å²) < 4.78 is 6.78. The van der Waals surface area contributed by atoms with Gasteiger partial charge in [0.15, 0.2) is 5.65 Å². The minimum absolute atomic E-state index is 0.241. The van der Waals surface area contributed by atoms with E-state index in [0.29, 0.717) is 38.8 Å². The standard InChI is InChI=1S/C21H17N5O2/c1-13-14(11-22)20-24-16-7-3-5-9-18(16)26(20)21(27)15(13)12-23-25-17-8-4-6-10-19(17)28-2/h3-10,12,23,25H,1-2H3/b15-12-. The third kappa shape index (κ3) is 2.68. The van der Waals surface area contributed by atoms with Gasteiger partial charge < -0.3 is 10.2 Å². The van der Waals surface area contributed by atoms with Gasteiger partial charge in [0.05, 0.1) is 34.6 Å². The van der Waals surface area contributed by atoms with Gasteiger partial charge in [-0.15, -0.1) is 0 Å². The van der Waals surface area contributed by atoms with Crippen molar-refractivity contribution in [2.75, 3.05) is 12.5 Å². The molecule has 28 heavy (non-hydrogen) atoms. The predicted molar refractivity (Wildman–Crippen MR) is 108 cm³/mol. The van der Waals surface area contributed by atoms with Crippen molar-refractivity contribution in [1.82, 2.24) is 14.8 Å². The first-order valence-corrected chi connectivity index (χ1v) is 8.64. The number of imidazole rings is 1. The first kappa shape index (κ1) is 17.4. The Morgan fingerprint density at radius 3 is 2.71 bits per heavy atom. The van der Waals surface area contributed by atoms with E-state index >= 15 is 0 Å². The van der Waals surface area contributed by atoms with Crippen molar-refractivity contribution >= 4 is 28.6 Å². The number of para-hydroxylation sites is 4. The van der Waals surface area contributed by atoms with Crippen molar-refractivity contribution in [3.8, 4) is 11.8 Å². The van der Waals surface area contributed by atoms with E-state index in [1.807, 2.05) is 48.5 Å². The van der Waals surface area contributed by atoms with Gasteiger partial charge in [0.25, 0.3) is 5.56 Å². The Hall–Kier alpha value is -4.05. The van der Waals surface area contributed by atoms with Crippen LogP contribution in [0.1, 0.15) is 11.1 Å². The molecule has 0 fully saturated rings. The molecule has 0 atom stereocenters. The molecule has 2 heterocycles. The van der Waals surface area contributed by atoms with Crippen molar-refractivity contribution in [2.45, 2.75) is 6.92 Å². The van der Waals surface area contributed by atoms with Gasteiger partial charge in [-0.3, -0.25) is 14.6 Å². The van der Waals surface area contributed by atoms with Gasteiger partial charge in [-0.1, -0.05) is 24.3 Å². The highest BCUT2D eigenvalue weighted by Crippen LogP contribution is 2.22. The van der Waals surface area contributed by atoms with Crippen LogP contribution in [0.4, 0.5) is 5.69 Å². The van der Waals surface area contributed by atoms with Crippen LogP contribution in [0.2, 0.25) is 0 Å². The van der Waals surface area contributed by atoms with E-state index in [2.05, 4.69) is 21.9 Å². The molecule has 0 saturated carbocycles. The predicted octanol–water partition coefficient (Wildman–Crippen LogP) is 2.11. The Bertz CT molecular complexity index is 1350. The van der Waals surface area contributed by atoms with Gasteiger partial charge in [0, 0.05) is 6.20 Å². The van der Waals surface area contributed by atoms with Crippen LogP contribution in [0.25, 0.3) is 22.9 Å². The number of methoxy groups -OCH3 is 1. The summed E-state index contributed by atoms with van der Waals surface area (Å²) in [6.45, 7) is 1.75. The number of fused-ring (bicyclic) bond motifs is 3.